The molecule has 0 unspecified atom stereocenters. The van der Waals surface area contributed by atoms with E-state index < -0.39 is 119 Å². The normalized spacial score (nSPS) is 13.6. The largest absolute Gasteiger partial charge is 0.517 e. The highest BCUT2D eigenvalue weighted by Crippen LogP contribution is 2.38. The molecule has 6 heterocycles. The zero-order chi connectivity index (χ0) is 92.1. The number of nitrogens with two attached hydrogens (primary N) is 1. The summed E-state index contributed by atoms with van der Waals surface area (Å²) in [6.07, 6.45) is 9.48. The number of alkyl halides is 3. The molecule has 1 aliphatic heterocycles. The fourth-order valence-corrected chi connectivity index (χ4v) is 15.5. The SMILES string of the molecule is CC(C)(C)OC(=O)n1nccc1B1OC(C)(C)C(C)(C)O1.CS(=O)(=O)N(c1ccccc1)S(=O)(=O)C(F)(F)F.Cc1cc2c(NCCCCNS(=O)(=O)NC(=O)OC(C)(C)C)ncnc2cc1O.Cc1cc2c(NCCCCNS(N)(=O)=O)ncnc2cc1-c1ccn[nH]1.Cc1cc2ncnc(NCCCCNS(=O)(=O)NC(=O)OC(C)(C)C)c2cc1C. The van der Waals surface area contributed by atoms with E-state index in [9.17, 15) is 74.8 Å². The van der Waals surface area contributed by atoms with Gasteiger partial charge in [0.1, 0.15) is 59.0 Å². The Labute approximate surface area is 714 Å². The van der Waals surface area contributed by atoms with Crippen molar-refractivity contribution >= 4 is 138 Å². The average molecular weight is 1820 g/mol. The van der Waals surface area contributed by atoms with Crippen molar-refractivity contribution in [3.05, 3.63) is 132 Å². The quantitative estimate of drug-likeness (QED) is 0.0123. The number of ether oxygens (including phenoxy) is 3. The highest BCUT2D eigenvalue weighted by molar-refractivity contribution is 8.10. The topological polar surface area (TPSA) is 538 Å². The molecule has 0 atom stereocenters. The van der Waals surface area contributed by atoms with Gasteiger partial charge in [-0.3, -0.25) is 5.10 Å². The molecule has 12 N–H and O–H groups in total. The van der Waals surface area contributed by atoms with E-state index in [-0.39, 0.29) is 18.8 Å². The number of nitrogens with one attached hydrogen (secondary N) is 9. The Balaban J connectivity index is 0.000000240. The summed E-state index contributed by atoms with van der Waals surface area (Å²) in [6.45, 7) is 33.6. The molecule has 0 radical (unpaired) electrons. The van der Waals surface area contributed by atoms with Crippen LogP contribution in [-0.2, 0) is 74.2 Å². The maximum absolute atomic E-state index is 12.4. The number of hydrogen-bond acceptors (Lipinski definition) is 30. The number of para-hydroxylation sites is 1. The molecule has 0 saturated carbocycles. The average Bonchev–Trinajstić information content (AvgIpc) is 1.73. The summed E-state index contributed by atoms with van der Waals surface area (Å²) in [5.74, 6) is 2.33. The van der Waals surface area contributed by atoms with E-state index in [0.717, 1.165) is 79.8 Å². The predicted molar refractivity (Wildman–Crippen MR) is 462 cm³/mol. The first-order valence-electron chi connectivity index (χ1n) is 38.2. The van der Waals surface area contributed by atoms with Gasteiger partial charge >= 0.3 is 61.3 Å². The molecule has 39 nitrogen and oxygen atoms in total. The van der Waals surface area contributed by atoms with Crippen LogP contribution in [0.2, 0.25) is 0 Å². The van der Waals surface area contributed by atoms with Gasteiger partial charge in [-0.15, -0.1) is 0 Å². The molecule has 48 heteroatoms. The van der Waals surface area contributed by atoms with E-state index in [4.69, 9.17) is 28.7 Å². The van der Waals surface area contributed by atoms with Gasteiger partial charge in [0.2, 0.25) is 10.0 Å². The Morgan fingerprint density at radius 3 is 1.36 bits per heavy atom. The number of anilines is 4. The number of hydrogen-bond donors (Lipinski definition) is 11. The van der Waals surface area contributed by atoms with E-state index >= 15 is 0 Å². The van der Waals surface area contributed by atoms with Crippen molar-refractivity contribution in [1.82, 2.24) is 73.5 Å². The van der Waals surface area contributed by atoms with Gasteiger partial charge in [0, 0.05) is 79.5 Å². The van der Waals surface area contributed by atoms with Gasteiger partial charge in [-0.2, -0.15) is 74.9 Å². The summed E-state index contributed by atoms with van der Waals surface area (Å²) in [5, 5.41) is 38.1. The number of unbranched alkanes of at least 4 members (excludes halogenated alkanes) is 3. The minimum Gasteiger partial charge on any atom is -0.508 e. The molecule has 9 aromatic rings. The van der Waals surface area contributed by atoms with E-state index in [0.29, 0.717) is 81.5 Å². The van der Waals surface area contributed by atoms with Crippen LogP contribution in [0.15, 0.2) is 110 Å². The van der Waals surface area contributed by atoms with Crippen LogP contribution in [0.25, 0.3) is 44.0 Å². The van der Waals surface area contributed by atoms with E-state index in [1.54, 1.807) is 71.5 Å². The number of sulfonamides is 2. The van der Waals surface area contributed by atoms with Crippen molar-refractivity contribution in [3.8, 4) is 17.0 Å². The van der Waals surface area contributed by atoms with Crippen molar-refractivity contribution in [2.75, 3.05) is 65.2 Å². The summed E-state index contributed by atoms with van der Waals surface area (Å²) in [6, 6.07) is 20.9. The summed E-state index contributed by atoms with van der Waals surface area (Å²) in [5.41, 5.74) is -0.346. The number of rotatable bonds is 28. The molecule has 0 spiro atoms. The van der Waals surface area contributed by atoms with Crippen LogP contribution in [-0.4, -0.2) is 202 Å². The summed E-state index contributed by atoms with van der Waals surface area (Å²) >= 11 is 0. The first-order chi connectivity index (χ1) is 56.8. The van der Waals surface area contributed by atoms with Crippen LogP contribution in [0.1, 0.15) is 151 Å². The smallest absolute Gasteiger partial charge is 0.508 e. The summed E-state index contributed by atoms with van der Waals surface area (Å²) < 4.78 is 189. The fourth-order valence-electron chi connectivity index (χ4n) is 10.8. The molecule has 676 valence electrons. The molecular formula is C75H108BF3N20O19S5. The van der Waals surface area contributed by atoms with Crippen molar-refractivity contribution in [3.63, 3.8) is 0 Å². The lowest BCUT2D eigenvalue weighted by molar-refractivity contribution is -0.0434. The number of fused-ring (bicyclic) bond motifs is 3. The third kappa shape index (κ3) is 32.4. The molecule has 0 aliphatic carbocycles. The number of aryl methyl sites for hydroxylation is 4. The predicted octanol–water partition coefficient (Wildman–Crippen LogP) is 9.57. The molecule has 123 heavy (non-hydrogen) atoms. The molecule has 4 aromatic carbocycles. The van der Waals surface area contributed by atoms with Gasteiger partial charge in [0.05, 0.1) is 51.0 Å². The zero-order valence-electron chi connectivity index (χ0n) is 71.5. The third-order valence-corrected chi connectivity index (χ3v) is 23.4. The Bertz CT molecular complexity index is 5540. The second-order valence-corrected chi connectivity index (χ2v) is 40.0. The third-order valence-electron chi connectivity index (χ3n) is 17.3. The minimum absolute atomic E-state index is 0.164. The number of aromatic amines is 1. The number of carbonyl (C=O) groups excluding carboxylic acids is 3. The van der Waals surface area contributed by atoms with Gasteiger partial charge in [-0.25, -0.2) is 72.0 Å². The standard InChI is InChI=1S/C19H29N5O4S.C18H27N5O5S.C16H21N7O2S.C14H23BN2O4.C8H8F3NO4S2/c1-13-10-15-16(11-14(13)2)21-12-22-17(15)20-8-6-7-9-23-29(26,27)24-18(25)28-19(3,4)5;1-12-9-13-14(10-15(12)24)20-11-21-16(13)19-7-5-6-8-22-29(26,27)23-17(25)28-18(2,3)4;1-11-8-13-15(9-12(11)14-4-7-21-23-14)19-10-20-16(13)18-5-2-3-6-22-26(17,24)25;1-12(2,3)19-11(18)17-10(8-9-16-17)15-20-13(4,5)14(6,7)21-15;1-17(13,14)12(7-5-3-2-4-6-7)18(15,16)8(9,10)11/h10-12,23H,6-9H2,1-5H3,(H,24,25)(H,20,21,22);9-11,22,24H,5-8H2,1-4H3,(H,23,25)(H,19,20,21);4,7-10,22H,2-3,5-6H2,1H3,(H,21,23)(H2,17,24,25)(H,18,19,20);8-9H,1-7H3;2-6H,1H3. The van der Waals surface area contributed by atoms with E-state index in [2.05, 4.69) is 87.4 Å². The van der Waals surface area contributed by atoms with Gasteiger partial charge < -0.3 is 44.6 Å². The monoisotopic (exact) mass is 1820 g/mol. The molecule has 5 aromatic heterocycles. The lowest BCUT2D eigenvalue weighted by atomic mass is 9.85. The summed E-state index contributed by atoms with van der Waals surface area (Å²) in [4.78, 5) is 60.9. The van der Waals surface area contributed by atoms with Crippen molar-refractivity contribution in [1.29, 1.82) is 0 Å². The minimum atomic E-state index is -6.00. The molecule has 0 bridgehead atoms. The zero-order valence-corrected chi connectivity index (χ0v) is 75.6. The van der Waals surface area contributed by atoms with Crippen molar-refractivity contribution in [2.45, 2.75) is 190 Å². The molecule has 2 amide bonds. The first kappa shape index (κ1) is 101. The number of H-pyrrole nitrogens is 1. The van der Waals surface area contributed by atoms with Gasteiger partial charge in [0.15, 0.2) is 0 Å². The highest BCUT2D eigenvalue weighted by Gasteiger charge is 2.54. The van der Waals surface area contributed by atoms with Crippen LogP contribution in [0.3, 0.4) is 0 Å². The Kier molecular flexibility index (Phi) is 35.0. The Morgan fingerprint density at radius 2 is 0.943 bits per heavy atom. The number of nitrogens with zero attached hydrogens (tertiary/aromatic N) is 10. The van der Waals surface area contributed by atoms with Crippen LogP contribution >= 0.6 is 0 Å². The maximum Gasteiger partial charge on any atom is 0.517 e. The molecular weight excluding hydrogens is 1710 g/mol. The number of halogens is 3. The van der Waals surface area contributed by atoms with Gasteiger partial charge in [0.25, 0.3) is 10.2 Å². The molecule has 1 saturated heterocycles. The number of carbonyl (C=O) groups is 3. The van der Waals surface area contributed by atoms with E-state index in [1.807, 2.05) is 98.2 Å². The number of aromatic hydroxyl groups is 1. The molecule has 1 fully saturated rings. The van der Waals surface area contributed by atoms with Crippen LogP contribution < -0.4 is 54.0 Å². The Hall–Kier alpha value is -10.3. The lowest BCUT2D eigenvalue weighted by Gasteiger charge is -2.32. The van der Waals surface area contributed by atoms with E-state index in [1.165, 1.54) is 59.2 Å². The first-order valence-corrected chi connectivity index (χ1v) is 46.0. The van der Waals surface area contributed by atoms with Crippen molar-refractivity contribution < 1.29 is 98.3 Å². The molecule has 10 rings (SSSR count). The number of amides is 2. The molecule has 1 aliphatic rings. The second-order valence-electron chi connectivity index (χ2n) is 31.8. The maximum atomic E-state index is 12.4. The Morgan fingerprint density at radius 1 is 0.537 bits per heavy atom. The van der Waals surface area contributed by atoms with Gasteiger partial charge in [-0.05, 0) is 233 Å². The number of benzene rings is 4. The lowest BCUT2D eigenvalue weighted by Crippen LogP contribution is -2.44. The number of aromatic nitrogens is 10. The van der Waals surface area contributed by atoms with Gasteiger partial charge in [-0.1, -0.05) is 18.2 Å². The number of phenolic OH excluding ortho intramolecular Hbond substituents is 1. The van der Waals surface area contributed by atoms with Crippen LogP contribution in [0.4, 0.5) is 50.7 Å². The fraction of sp³-hybridized carbons (Fsp3) is 0.480. The highest BCUT2D eigenvalue weighted by atomic mass is 32.3. The second kappa shape index (κ2) is 42.4. The van der Waals surface area contributed by atoms with Crippen molar-refractivity contribution in [2.24, 2.45) is 5.14 Å². The van der Waals surface area contributed by atoms with Crippen LogP contribution in [0.5, 0.6) is 5.75 Å². The summed E-state index contributed by atoms with van der Waals surface area (Å²) in [7, 11) is -22.8. The van der Waals surface area contributed by atoms with Crippen LogP contribution in [0, 0.1) is 27.7 Å². The number of phenols is 1.